The summed E-state index contributed by atoms with van der Waals surface area (Å²) in [5, 5.41) is 3.80. The Morgan fingerprint density at radius 2 is 1.88 bits per heavy atom. The highest BCUT2D eigenvalue weighted by Gasteiger charge is 2.43. The van der Waals surface area contributed by atoms with E-state index in [1.54, 1.807) is 7.11 Å². The minimum atomic E-state index is 0.560. The summed E-state index contributed by atoms with van der Waals surface area (Å²) in [4.78, 5) is 2.68. The molecule has 1 N–H and O–H groups in total. The zero-order valence-electron chi connectivity index (χ0n) is 14.3. The molecule has 24 heavy (non-hydrogen) atoms. The minimum Gasteiger partial charge on any atom is -0.497 e. The molecule has 2 aliphatic heterocycles. The largest absolute Gasteiger partial charge is 0.497 e. The van der Waals surface area contributed by atoms with E-state index >= 15 is 0 Å². The third-order valence-electron chi connectivity index (χ3n) is 5.58. The zero-order chi connectivity index (χ0) is 16.4. The van der Waals surface area contributed by atoms with E-state index in [4.69, 9.17) is 4.74 Å². The molecule has 0 aliphatic carbocycles. The van der Waals surface area contributed by atoms with Gasteiger partial charge in [0.1, 0.15) is 5.75 Å². The van der Waals surface area contributed by atoms with Crippen molar-refractivity contribution < 1.29 is 4.74 Å². The van der Waals surface area contributed by atoms with Gasteiger partial charge in [0.25, 0.3) is 0 Å². The number of benzene rings is 2. The van der Waals surface area contributed by atoms with E-state index in [1.807, 2.05) is 0 Å². The summed E-state index contributed by atoms with van der Waals surface area (Å²) in [6.45, 7) is 3.33. The van der Waals surface area contributed by atoms with Gasteiger partial charge >= 0.3 is 0 Å². The Bertz CT molecular complexity index is 655. The number of nitrogens with zero attached hydrogens (tertiary/aromatic N) is 1. The van der Waals surface area contributed by atoms with Gasteiger partial charge in [-0.1, -0.05) is 42.5 Å². The molecule has 2 aliphatic rings. The molecule has 126 valence electrons. The highest BCUT2D eigenvalue weighted by Crippen LogP contribution is 2.37. The summed E-state index contributed by atoms with van der Waals surface area (Å²) in [6, 6.07) is 20.7. The molecule has 0 spiro atoms. The Balaban J connectivity index is 1.56. The molecule has 3 heteroatoms. The lowest BCUT2D eigenvalue weighted by Gasteiger charge is -2.33. The van der Waals surface area contributed by atoms with Crippen LogP contribution in [0.2, 0.25) is 0 Å². The average molecular weight is 322 g/mol. The van der Waals surface area contributed by atoms with Gasteiger partial charge in [-0.25, -0.2) is 0 Å². The summed E-state index contributed by atoms with van der Waals surface area (Å²) in [6.07, 6.45) is 2.58. The smallest absolute Gasteiger partial charge is 0.118 e. The second-order valence-electron chi connectivity index (χ2n) is 6.98. The lowest BCUT2D eigenvalue weighted by Crippen LogP contribution is -2.48. The van der Waals surface area contributed by atoms with Crippen LogP contribution >= 0.6 is 0 Å². The van der Waals surface area contributed by atoms with Crippen molar-refractivity contribution in [1.82, 2.24) is 10.2 Å². The maximum absolute atomic E-state index is 5.31. The maximum atomic E-state index is 5.31. The Labute approximate surface area is 144 Å². The zero-order valence-corrected chi connectivity index (χ0v) is 14.3. The number of rotatable bonds is 4. The van der Waals surface area contributed by atoms with Crippen molar-refractivity contribution in [2.24, 2.45) is 0 Å². The molecule has 0 aromatic heterocycles. The number of fused-ring (bicyclic) bond motifs is 1. The molecular formula is C21H26N2O. The van der Waals surface area contributed by atoms with Gasteiger partial charge in [0.05, 0.1) is 7.11 Å². The Hall–Kier alpha value is -1.84. The van der Waals surface area contributed by atoms with Gasteiger partial charge in [-0.2, -0.15) is 0 Å². The molecule has 3 nitrogen and oxygen atoms in total. The van der Waals surface area contributed by atoms with E-state index in [-0.39, 0.29) is 0 Å². The molecule has 3 atom stereocenters. The summed E-state index contributed by atoms with van der Waals surface area (Å²) >= 11 is 0. The van der Waals surface area contributed by atoms with Crippen LogP contribution in [0.3, 0.4) is 0 Å². The topological polar surface area (TPSA) is 24.5 Å². The molecule has 0 bridgehead atoms. The van der Waals surface area contributed by atoms with Crippen LogP contribution in [-0.4, -0.2) is 37.2 Å². The summed E-state index contributed by atoms with van der Waals surface area (Å²) < 4.78 is 5.31. The number of hydrogen-bond donors (Lipinski definition) is 1. The van der Waals surface area contributed by atoms with E-state index in [0.717, 1.165) is 25.4 Å². The van der Waals surface area contributed by atoms with Gasteiger partial charge < -0.3 is 10.1 Å². The molecule has 2 aromatic rings. The maximum Gasteiger partial charge on any atom is 0.118 e. The number of likely N-dealkylation sites (tertiary alicyclic amines) is 1. The van der Waals surface area contributed by atoms with Crippen LogP contribution in [0.15, 0.2) is 54.6 Å². The molecule has 2 fully saturated rings. The van der Waals surface area contributed by atoms with Crippen molar-refractivity contribution in [3.8, 4) is 5.75 Å². The van der Waals surface area contributed by atoms with Crippen LogP contribution in [0.25, 0.3) is 0 Å². The van der Waals surface area contributed by atoms with Gasteiger partial charge in [0.2, 0.25) is 0 Å². The van der Waals surface area contributed by atoms with Crippen LogP contribution in [0.5, 0.6) is 5.75 Å². The Morgan fingerprint density at radius 1 is 1.08 bits per heavy atom. The lowest BCUT2D eigenvalue weighted by atomic mass is 9.87. The Morgan fingerprint density at radius 3 is 2.62 bits per heavy atom. The second kappa shape index (κ2) is 6.96. The predicted octanol–water partition coefficient (Wildman–Crippen LogP) is 3.42. The fourth-order valence-corrected chi connectivity index (χ4v) is 4.38. The third-order valence-corrected chi connectivity index (χ3v) is 5.58. The van der Waals surface area contributed by atoms with E-state index in [2.05, 4.69) is 64.8 Å². The highest BCUT2D eigenvalue weighted by atomic mass is 16.5. The molecule has 2 saturated heterocycles. The second-order valence-corrected chi connectivity index (χ2v) is 6.98. The Kier molecular flexibility index (Phi) is 4.54. The standard InChI is InChI=1S/C21H26N2O/c1-24-18-11-9-17(10-12-18)19-15-23(14-16-6-3-2-4-7-16)20-8-5-13-22-21(19)20/h2-4,6-7,9-12,19-22H,5,8,13-15H2,1H3/t19-,20-,21-/m0/s1. The molecule has 0 amide bonds. The molecule has 0 radical (unpaired) electrons. The molecule has 2 heterocycles. The van der Waals surface area contributed by atoms with Crippen molar-refractivity contribution in [2.75, 3.05) is 20.2 Å². The molecule has 2 aromatic carbocycles. The summed E-state index contributed by atoms with van der Waals surface area (Å²) in [5.41, 5.74) is 2.84. The number of hydrogen-bond acceptors (Lipinski definition) is 3. The van der Waals surface area contributed by atoms with Gasteiger partial charge in [-0.3, -0.25) is 4.90 Å². The van der Waals surface area contributed by atoms with Gasteiger partial charge in [-0.15, -0.1) is 0 Å². The molecular weight excluding hydrogens is 296 g/mol. The van der Waals surface area contributed by atoms with Crippen LogP contribution in [0.1, 0.15) is 29.9 Å². The number of piperidine rings is 1. The van der Waals surface area contributed by atoms with Crippen LogP contribution in [0, 0.1) is 0 Å². The summed E-state index contributed by atoms with van der Waals surface area (Å²) in [5.74, 6) is 1.50. The first-order valence-corrected chi connectivity index (χ1v) is 9.00. The number of nitrogens with one attached hydrogen (secondary N) is 1. The van der Waals surface area contributed by atoms with Crippen LogP contribution < -0.4 is 10.1 Å². The number of ether oxygens (including phenoxy) is 1. The molecule has 0 saturated carbocycles. The quantitative estimate of drug-likeness (QED) is 0.933. The van der Waals surface area contributed by atoms with Gasteiger partial charge in [-0.05, 0) is 42.6 Å². The fraction of sp³-hybridized carbons (Fsp3) is 0.429. The SMILES string of the molecule is COc1ccc([C@@H]2CN(Cc3ccccc3)[C@H]3CCCN[C@@H]23)cc1. The van der Waals surface area contributed by atoms with Crippen molar-refractivity contribution in [2.45, 2.75) is 37.4 Å². The minimum absolute atomic E-state index is 0.560. The van der Waals surface area contributed by atoms with Gasteiger partial charge in [0, 0.05) is 31.1 Å². The number of methoxy groups -OCH3 is 1. The fourth-order valence-electron chi connectivity index (χ4n) is 4.38. The van der Waals surface area contributed by atoms with Crippen LogP contribution in [-0.2, 0) is 6.54 Å². The van der Waals surface area contributed by atoms with E-state index < -0.39 is 0 Å². The normalized spacial score (nSPS) is 27.0. The monoisotopic (exact) mass is 322 g/mol. The lowest BCUT2D eigenvalue weighted by molar-refractivity contribution is 0.194. The van der Waals surface area contributed by atoms with Crippen molar-refractivity contribution in [3.63, 3.8) is 0 Å². The first-order valence-electron chi connectivity index (χ1n) is 9.00. The van der Waals surface area contributed by atoms with Crippen molar-refractivity contribution >= 4 is 0 Å². The van der Waals surface area contributed by atoms with E-state index in [9.17, 15) is 0 Å². The highest BCUT2D eigenvalue weighted by molar-refractivity contribution is 5.32. The van der Waals surface area contributed by atoms with Gasteiger partial charge in [0.15, 0.2) is 0 Å². The molecule has 4 rings (SSSR count). The van der Waals surface area contributed by atoms with E-state index in [1.165, 1.54) is 24.0 Å². The molecule has 0 unspecified atom stereocenters. The third kappa shape index (κ3) is 3.06. The van der Waals surface area contributed by atoms with Crippen molar-refractivity contribution in [3.05, 3.63) is 65.7 Å². The first kappa shape index (κ1) is 15.7. The van der Waals surface area contributed by atoms with E-state index in [0.29, 0.717) is 18.0 Å². The predicted molar refractivity (Wildman–Crippen MR) is 97.4 cm³/mol. The van der Waals surface area contributed by atoms with Crippen LogP contribution in [0.4, 0.5) is 0 Å². The average Bonchev–Trinajstić information content (AvgIpc) is 3.01. The summed E-state index contributed by atoms with van der Waals surface area (Å²) in [7, 11) is 1.73. The first-order chi connectivity index (χ1) is 11.8. The van der Waals surface area contributed by atoms with Crippen molar-refractivity contribution in [1.29, 1.82) is 0 Å².